The van der Waals surface area contributed by atoms with Gasteiger partial charge in [-0.1, -0.05) is 36.4 Å². The number of hydrogen-bond donors (Lipinski definition) is 0. The van der Waals surface area contributed by atoms with Gasteiger partial charge in [-0.25, -0.2) is 4.98 Å². The van der Waals surface area contributed by atoms with E-state index in [0.29, 0.717) is 21.6 Å². The van der Waals surface area contributed by atoms with Crippen molar-refractivity contribution < 1.29 is 33.1 Å². The normalized spacial score (nSPS) is 13.2. The second kappa shape index (κ2) is 12.5. The Bertz CT molecular complexity index is 1890. The highest BCUT2D eigenvalue weighted by atomic mass is 79.9. The van der Waals surface area contributed by atoms with Crippen molar-refractivity contribution in [3.8, 4) is 11.6 Å². The van der Waals surface area contributed by atoms with Crippen molar-refractivity contribution in [2.75, 3.05) is 20.8 Å². The smallest absolute Gasteiger partial charge is 0.285 e. The molecule has 0 N–H and O–H groups in total. The second-order valence-corrected chi connectivity index (χ2v) is 11.3. The Balaban J connectivity index is 1.43. The molecule has 10 nitrogen and oxygen atoms in total. The van der Waals surface area contributed by atoms with E-state index in [1.165, 1.54) is 7.11 Å². The van der Waals surface area contributed by atoms with Crippen molar-refractivity contribution in [3.05, 3.63) is 123 Å². The van der Waals surface area contributed by atoms with Crippen molar-refractivity contribution in [3.63, 3.8) is 0 Å². The van der Waals surface area contributed by atoms with Gasteiger partial charge in [0.15, 0.2) is 0 Å². The zero-order valence-electron chi connectivity index (χ0n) is 24.7. The van der Waals surface area contributed by atoms with Crippen molar-refractivity contribution in [2.24, 2.45) is 0 Å². The fraction of sp³-hybridized carbons (Fsp3) is 0.176. The van der Waals surface area contributed by atoms with Gasteiger partial charge in [0.05, 0.1) is 29.8 Å². The number of aromatic nitrogens is 1. The summed E-state index contributed by atoms with van der Waals surface area (Å²) in [6.07, 6.45) is 0. The van der Waals surface area contributed by atoms with Crippen LogP contribution in [0.1, 0.15) is 54.1 Å². The molecule has 0 saturated heterocycles. The Labute approximate surface area is 267 Å². The Morgan fingerprint density at radius 1 is 0.933 bits per heavy atom. The molecule has 0 aliphatic carbocycles. The van der Waals surface area contributed by atoms with Gasteiger partial charge < -0.3 is 18.8 Å². The van der Waals surface area contributed by atoms with E-state index < -0.39 is 23.8 Å². The Morgan fingerprint density at radius 3 is 2.31 bits per heavy atom. The number of methoxy groups -OCH3 is 2. The number of aryl methyl sites for hydroxylation is 1. The van der Waals surface area contributed by atoms with E-state index >= 15 is 0 Å². The van der Waals surface area contributed by atoms with Crippen LogP contribution >= 0.6 is 15.9 Å². The first-order valence-corrected chi connectivity index (χ1v) is 14.8. The summed E-state index contributed by atoms with van der Waals surface area (Å²) in [6.45, 7) is 1.78. The summed E-state index contributed by atoms with van der Waals surface area (Å²) >= 11 is 3.39. The van der Waals surface area contributed by atoms with Crippen molar-refractivity contribution >= 4 is 44.6 Å². The fourth-order valence-electron chi connectivity index (χ4n) is 5.16. The number of pyridine rings is 1. The number of amides is 3. The zero-order valence-corrected chi connectivity index (χ0v) is 26.2. The third-order valence-electron chi connectivity index (χ3n) is 7.52. The molecule has 1 atom stereocenters. The predicted molar refractivity (Wildman–Crippen MR) is 168 cm³/mol. The molecule has 1 aliphatic heterocycles. The first-order valence-electron chi connectivity index (χ1n) is 14.0. The van der Waals surface area contributed by atoms with Crippen LogP contribution < -0.4 is 9.47 Å². The van der Waals surface area contributed by atoms with E-state index in [4.69, 9.17) is 18.7 Å². The van der Waals surface area contributed by atoms with Crippen LogP contribution in [-0.2, 0) is 11.4 Å². The molecule has 228 valence electrons. The highest BCUT2D eigenvalue weighted by molar-refractivity contribution is 9.10. The molecule has 45 heavy (non-hydrogen) atoms. The fourth-order valence-corrected chi connectivity index (χ4v) is 5.55. The first kappa shape index (κ1) is 30.0. The number of rotatable bonds is 10. The lowest BCUT2D eigenvalue weighted by atomic mass is 10.1. The van der Waals surface area contributed by atoms with Crippen molar-refractivity contribution in [1.29, 1.82) is 0 Å². The van der Waals surface area contributed by atoms with Crippen LogP contribution in [0.25, 0.3) is 11.0 Å². The van der Waals surface area contributed by atoms with Crippen LogP contribution in [0.5, 0.6) is 11.6 Å². The second-order valence-electron chi connectivity index (χ2n) is 10.4. The van der Waals surface area contributed by atoms with Crippen LogP contribution in [0, 0.1) is 6.92 Å². The molecule has 0 fully saturated rings. The number of fused-ring (bicyclic) bond motifs is 2. The minimum atomic E-state index is -0.895. The molecule has 3 amide bonds. The van der Waals surface area contributed by atoms with Gasteiger partial charge in [-0.15, -0.1) is 5.06 Å². The van der Waals surface area contributed by atoms with Crippen LogP contribution in [0.15, 0.2) is 93.8 Å². The maximum atomic E-state index is 14.4. The Hall–Kier alpha value is -5.00. The molecule has 0 saturated carbocycles. The summed E-state index contributed by atoms with van der Waals surface area (Å²) in [7, 11) is 3.04. The molecule has 6 rings (SSSR count). The maximum absolute atomic E-state index is 14.4. The van der Waals surface area contributed by atoms with E-state index in [-0.39, 0.29) is 35.9 Å². The summed E-state index contributed by atoms with van der Waals surface area (Å²) in [6, 6.07) is 23.8. The van der Waals surface area contributed by atoms with Gasteiger partial charge in [0.25, 0.3) is 17.7 Å². The van der Waals surface area contributed by atoms with Gasteiger partial charge in [0, 0.05) is 11.9 Å². The van der Waals surface area contributed by atoms with E-state index in [1.54, 1.807) is 60.5 Å². The molecule has 3 heterocycles. The number of nitrogens with zero attached hydrogens (tertiary/aromatic N) is 3. The number of carbonyl (C=O) groups is 3. The minimum absolute atomic E-state index is 0.106. The summed E-state index contributed by atoms with van der Waals surface area (Å²) in [4.78, 5) is 52.6. The van der Waals surface area contributed by atoms with E-state index in [2.05, 4.69) is 20.9 Å². The number of hydroxylamine groups is 2. The lowest BCUT2D eigenvalue weighted by molar-refractivity contribution is -0.108. The number of imide groups is 1. The average molecular weight is 671 g/mol. The van der Waals surface area contributed by atoms with Gasteiger partial charge in [-0.2, -0.15) is 0 Å². The third kappa shape index (κ3) is 5.92. The predicted octanol–water partition coefficient (Wildman–Crippen LogP) is 6.53. The van der Waals surface area contributed by atoms with Gasteiger partial charge in [-0.05, 0) is 82.5 Å². The number of carbonyl (C=O) groups excluding carboxylic acids is 3. The Kier molecular flexibility index (Phi) is 8.38. The van der Waals surface area contributed by atoms with Gasteiger partial charge in [0.2, 0.25) is 5.88 Å². The molecule has 3 aromatic carbocycles. The molecule has 0 spiro atoms. The Morgan fingerprint density at radius 2 is 1.64 bits per heavy atom. The molecule has 5 aromatic rings. The zero-order chi connectivity index (χ0) is 31.7. The maximum Gasteiger partial charge on any atom is 0.285 e. The summed E-state index contributed by atoms with van der Waals surface area (Å²) in [5.41, 5.74) is 3.01. The molecule has 11 heteroatoms. The molecule has 1 aliphatic rings. The van der Waals surface area contributed by atoms with E-state index in [0.717, 1.165) is 21.6 Å². The third-order valence-corrected chi connectivity index (χ3v) is 8.12. The van der Waals surface area contributed by atoms with Gasteiger partial charge in [-0.3, -0.25) is 19.2 Å². The average Bonchev–Trinajstić information content (AvgIpc) is 3.58. The van der Waals surface area contributed by atoms with E-state index in [1.807, 2.05) is 43.3 Å². The number of furan rings is 1. The number of hydrogen-bond acceptors (Lipinski definition) is 8. The SMILES string of the molecule is COc1ccc(CN(C(=O)c2ccc(Br)c(OC)n2)C(CON2C(=O)c3ccccc3C2=O)c2cc3ccc(C)cc3o2)cc1. The van der Waals surface area contributed by atoms with Crippen molar-refractivity contribution in [2.45, 2.75) is 19.5 Å². The molecule has 2 aromatic heterocycles. The van der Waals surface area contributed by atoms with Crippen LogP contribution in [0.4, 0.5) is 0 Å². The minimum Gasteiger partial charge on any atom is -0.497 e. The highest BCUT2D eigenvalue weighted by Gasteiger charge is 2.39. The standard InChI is InChI=1S/C34H28BrN3O7/c1-20-8-11-22-17-30(45-29(22)16-20)28(19-44-38-32(39)24-6-4-5-7-25(24)33(38)40)37(18-21-9-12-23(42-2)13-10-21)34(41)27-15-14-26(35)31(36-27)43-3/h4-17,28H,18-19H2,1-3H3. The monoisotopic (exact) mass is 669 g/mol. The quantitative estimate of drug-likeness (QED) is 0.154. The lowest BCUT2D eigenvalue weighted by Gasteiger charge is -2.31. The number of ether oxygens (including phenoxy) is 2. The van der Waals surface area contributed by atoms with Crippen LogP contribution in [-0.4, -0.2) is 53.5 Å². The molecule has 0 radical (unpaired) electrons. The number of benzene rings is 3. The lowest BCUT2D eigenvalue weighted by Crippen LogP contribution is -2.40. The van der Waals surface area contributed by atoms with E-state index in [9.17, 15) is 14.4 Å². The number of halogens is 1. The van der Waals surface area contributed by atoms with Gasteiger partial charge >= 0.3 is 0 Å². The first-order chi connectivity index (χ1) is 21.8. The highest BCUT2D eigenvalue weighted by Crippen LogP contribution is 2.33. The largest absolute Gasteiger partial charge is 0.497 e. The molecule has 1 unspecified atom stereocenters. The van der Waals surface area contributed by atoms with Gasteiger partial charge in [0.1, 0.15) is 35.4 Å². The van der Waals surface area contributed by atoms with Crippen LogP contribution in [0.2, 0.25) is 0 Å². The van der Waals surface area contributed by atoms with Crippen LogP contribution in [0.3, 0.4) is 0 Å². The summed E-state index contributed by atoms with van der Waals surface area (Å²) in [5, 5.41) is 1.56. The topological polar surface area (TPSA) is 111 Å². The molecular weight excluding hydrogens is 642 g/mol. The van der Waals surface area contributed by atoms with Crippen molar-refractivity contribution in [1.82, 2.24) is 14.9 Å². The summed E-state index contributed by atoms with van der Waals surface area (Å²) in [5.74, 6) is -0.316. The molecule has 0 bridgehead atoms. The molecular formula is C34H28BrN3O7. The summed E-state index contributed by atoms with van der Waals surface area (Å²) < 4.78 is 17.6.